The van der Waals surface area contributed by atoms with Crippen molar-refractivity contribution >= 4 is 39.3 Å². The van der Waals surface area contributed by atoms with E-state index in [1.165, 1.54) is 42.1 Å². The van der Waals surface area contributed by atoms with Gasteiger partial charge < -0.3 is 5.32 Å². The number of anilines is 1. The van der Waals surface area contributed by atoms with E-state index in [9.17, 15) is 13.6 Å². The first kappa shape index (κ1) is 15.0. The molecule has 0 aromatic heterocycles. The maximum Gasteiger partial charge on any atom is 0.234 e. The second-order valence-electron chi connectivity index (χ2n) is 3.91. The molecule has 2 aromatic rings. The summed E-state index contributed by atoms with van der Waals surface area (Å²) in [4.78, 5) is 12.6. The van der Waals surface area contributed by atoms with Crippen LogP contribution in [-0.4, -0.2) is 11.7 Å². The average Bonchev–Trinajstić information content (AvgIpc) is 2.41. The second-order valence-corrected chi connectivity index (χ2v) is 5.82. The molecule has 0 saturated carbocycles. The van der Waals surface area contributed by atoms with E-state index in [0.717, 1.165) is 4.90 Å². The van der Waals surface area contributed by atoms with Crippen LogP contribution in [0.25, 0.3) is 0 Å². The van der Waals surface area contributed by atoms with Crippen LogP contribution in [0.5, 0.6) is 0 Å². The fourth-order valence-electron chi connectivity index (χ4n) is 1.46. The molecule has 0 bridgehead atoms. The Morgan fingerprint density at radius 2 is 1.75 bits per heavy atom. The Balaban J connectivity index is 1.90. The number of benzene rings is 2. The molecule has 6 heteroatoms. The summed E-state index contributed by atoms with van der Waals surface area (Å²) in [5.41, 5.74) is 0.510. The monoisotopic (exact) mass is 357 g/mol. The Morgan fingerprint density at radius 3 is 2.40 bits per heavy atom. The summed E-state index contributed by atoms with van der Waals surface area (Å²) in [5.74, 6) is -0.716. The van der Waals surface area contributed by atoms with Crippen LogP contribution in [0, 0.1) is 11.6 Å². The molecular formula is C14H10BrF2NOS. The molecule has 0 radical (unpaired) electrons. The molecule has 0 unspecified atom stereocenters. The highest BCUT2D eigenvalue weighted by Gasteiger charge is 2.07. The molecule has 0 fully saturated rings. The van der Waals surface area contributed by atoms with E-state index in [1.54, 1.807) is 12.1 Å². The van der Waals surface area contributed by atoms with Crippen LogP contribution in [0.4, 0.5) is 14.5 Å². The number of rotatable bonds is 4. The van der Waals surface area contributed by atoms with E-state index < -0.39 is 0 Å². The van der Waals surface area contributed by atoms with Crippen LogP contribution >= 0.6 is 27.7 Å². The third-order valence-corrected chi connectivity index (χ3v) is 4.06. The highest BCUT2D eigenvalue weighted by molar-refractivity contribution is 9.10. The lowest BCUT2D eigenvalue weighted by Crippen LogP contribution is -2.14. The average molecular weight is 358 g/mol. The van der Waals surface area contributed by atoms with Gasteiger partial charge >= 0.3 is 0 Å². The summed E-state index contributed by atoms with van der Waals surface area (Å²) < 4.78 is 26.1. The minimum absolute atomic E-state index is 0.190. The molecule has 104 valence electrons. The van der Waals surface area contributed by atoms with Gasteiger partial charge in [-0.2, -0.15) is 0 Å². The molecule has 0 heterocycles. The third-order valence-electron chi connectivity index (χ3n) is 2.39. The number of carbonyl (C=O) groups excluding carboxylic acids is 1. The minimum atomic E-state index is -0.379. The van der Waals surface area contributed by atoms with Gasteiger partial charge in [0.25, 0.3) is 0 Å². The largest absolute Gasteiger partial charge is 0.324 e. The number of amides is 1. The van der Waals surface area contributed by atoms with Crippen LogP contribution in [0.15, 0.2) is 51.8 Å². The first-order chi connectivity index (χ1) is 9.54. The van der Waals surface area contributed by atoms with Gasteiger partial charge in [-0.1, -0.05) is 0 Å². The Labute approximate surface area is 127 Å². The highest BCUT2D eigenvalue weighted by atomic mass is 79.9. The second kappa shape index (κ2) is 6.85. The molecule has 0 aliphatic rings. The van der Waals surface area contributed by atoms with Crippen LogP contribution < -0.4 is 5.32 Å². The predicted molar refractivity (Wildman–Crippen MR) is 79.9 cm³/mol. The Hall–Kier alpha value is -1.40. The van der Waals surface area contributed by atoms with E-state index in [0.29, 0.717) is 10.2 Å². The summed E-state index contributed by atoms with van der Waals surface area (Å²) in [6.07, 6.45) is 0. The number of nitrogens with one attached hydrogen (secondary N) is 1. The quantitative estimate of drug-likeness (QED) is 0.818. The van der Waals surface area contributed by atoms with Crippen LogP contribution in [-0.2, 0) is 4.79 Å². The molecule has 20 heavy (non-hydrogen) atoms. The molecule has 0 saturated heterocycles. The fraction of sp³-hybridized carbons (Fsp3) is 0.0714. The SMILES string of the molecule is O=C(CSc1ccc(F)cc1)Nc1ccc(F)cc1Br. The van der Waals surface area contributed by atoms with E-state index in [2.05, 4.69) is 21.2 Å². The van der Waals surface area contributed by atoms with Crippen molar-refractivity contribution in [3.8, 4) is 0 Å². The van der Waals surface area contributed by atoms with Crippen molar-refractivity contribution in [1.82, 2.24) is 0 Å². The van der Waals surface area contributed by atoms with Gasteiger partial charge in [0.2, 0.25) is 5.91 Å². The molecule has 2 aromatic carbocycles. The van der Waals surface area contributed by atoms with Crippen molar-refractivity contribution in [1.29, 1.82) is 0 Å². The summed E-state index contributed by atoms with van der Waals surface area (Å²) >= 11 is 4.47. The Bertz CT molecular complexity index is 619. The zero-order valence-corrected chi connectivity index (χ0v) is 12.6. The molecule has 2 rings (SSSR count). The van der Waals surface area contributed by atoms with Gasteiger partial charge in [-0.25, -0.2) is 8.78 Å². The van der Waals surface area contributed by atoms with Crippen LogP contribution in [0.3, 0.4) is 0 Å². The molecule has 0 atom stereocenters. The zero-order valence-electron chi connectivity index (χ0n) is 10.2. The number of thioether (sulfide) groups is 1. The van der Waals surface area contributed by atoms with Gasteiger partial charge in [0, 0.05) is 9.37 Å². The van der Waals surface area contributed by atoms with E-state index in [4.69, 9.17) is 0 Å². The van der Waals surface area contributed by atoms with Crippen molar-refractivity contribution in [2.75, 3.05) is 11.1 Å². The lowest BCUT2D eigenvalue weighted by molar-refractivity contribution is -0.113. The third kappa shape index (κ3) is 4.31. The summed E-state index contributed by atoms with van der Waals surface area (Å²) in [6, 6.07) is 9.95. The van der Waals surface area contributed by atoms with E-state index in [1.807, 2.05) is 0 Å². The van der Waals surface area contributed by atoms with Gasteiger partial charge in [-0.05, 0) is 58.4 Å². The number of hydrogen-bond acceptors (Lipinski definition) is 2. The van der Waals surface area contributed by atoms with Crippen molar-refractivity contribution in [3.63, 3.8) is 0 Å². The normalized spacial score (nSPS) is 10.3. The van der Waals surface area contributed by atoms with E-state index >= 15 is 0 Å². The van der Waals surface area contributed by atoms with Gasteiger partial charge in [0.05, 0.1) is 11.4 Å². The molecule has 1 N–H and O–H groups in total. The Kier molecular flexibility index (Phi) is 5.14. The molecule has 0 aliphatic heterocycles. The molecule has 0 spiro atoms. The Morgan fingerprint density at radius 1 is 1.10 bits per heavy atom. The maximum absolute atomic E-state index is 12.9. The smallest absolute Gasteiger partial charge is 0.234 e. The fourth-order valence-corrected chi connectivity index (χ4v) is 2.61. The standard InChI is InChI=1S/C14H10BrF2NOS/c15-12-7-10(17)3-6-13(12)18-14(19)8-20-11-4-1-9(16)2-5-11/h1-7H,8H2,(H,18,19). The maximum atomic E-state index is 12.9. The van der Waals surface area contributed by atoms with Crippen molar-refractivity contribution in [2.45, 2.75) is 4.90 Å². The van der Waals surface area contributed by atoms with Crippen LogP contribution in [0.2, 0.25) is 0 Å². The first-order valence-electron chi connectivity index (χ1n) is 5.68. The van der Waals surface area contributed by atoms with Crippen molar-refractivity contribution in [2.24, 2.45) is 0 Å². The van der Waals surface area contributed by atoms with Crippen molar-refractivity contribution < 1.29 is 13.6 Å². The van der Waals surface area contributed by atoms with Crippen LogP contribution in [0.1, 0.15) is 0 Å². The predicted octanol–water partition coefficient (Wildman–Crippen LogP) is 4.46. The number of halogens is 3. The van der Waals surface area contributed by atoms with E-state index in [-0.39, 0.29) is 23.3 Å². The highest BCUT2D eigenvalue weighted by Crippen LogP contribution is 2.24. The lowest BCUT2D eigenvalue weighted by atomic mass is 10.3. The molecule has 2 nitrogen and oxygen atoms in total. The summed E-state index contributed by atoms with van der Waals surface area (Å²) in [6.45, 7) is 0. The minimum Gasteiger partial charge on any atom is -0.324 e. The summed E-state index contributed by atoms with van der Waals surface area (Å²) in [7, 11) is 0. The lowest BCUT2D eigenvalue weighted by Gasteiger charge is -2.07. The first-order valence-corrected chi connectivity index (χ1v) is 7.46. The van der Waals surface area contributed by atoms with Gasteiger partial charge in [0.15, 0.2) is 0 Å². The number of hydrogen-bond donors (Lipinski definition) is 1. The van der Waals surface area contributed by atoms with Crippen molar-refractivity contribution in [3.05, 3.63) is 58.6 Å². The number of carbonyl (C=O) groups is 1. The van der Waals surface area contributed by atoms with Gasteiger partial charge in [-0.15, -0.1) is 11.8 Å². The summed E-state index contributed by atoms with van der Waals surface area (Å²) in [5, 5.41) is 2.67. The molecule has 1 amide bonds. The molecule has 0 aliphatic carbocycles. The van der Waals surface area contributed by atoms with Gasteiger partial charge in [-0.3, -0.25) is 4.79 Å². The zero-order chi connectivity index (χ0) is 14.5. The molecular weight excluding hydrogens is 348 g/mol. The van der Waals surface area contributed by atoms with Gasteiger partial charge in [0.1, 0.15) is 11.6 Å². The topological polar surface area (TPSA) is 29.1 Å².